The number of carbonyl (C=O) groups excluding carboxylic acids is 2. The number of nitrogens with two attached hydrogens (primary N) is 1. The summed E-state index contributed by atoms with van der Waals surface area (Å²) in [7, 11) is 0. The summed E-state index contributed by atoms with van der Waals surface area (Å²) in [6.07, 6.45) is 2.44. The first-order chi connectivity index (χ1) is 17.3. The van der Waals surface area contributed by atoms with Gasteiger partial charge in [0, 0.05) is 17.2 Å². The van der Waals surface area contributed by atoms with Crippen LogP contribution in [-0.2, 0) is 11.3 Å². The summed E-state index contributed by atoms with van der Waals surface area (Å²) in [5, 5.41) is 20.6. The van der Waals surface area contributed by atoms with Gasteiger partial charge in [-0.15, -0.1) is 0 Å². The number of ether oxygens (including phenoxy) is 1. The molecule has 9 nitrogen and oxygen atoms in total. The van der Waals surface area contributed by atoms with Crippen molar-refractivity contribution in [2.45, 2.75) is 6.54 Å². The van der Waals surface area contributed by atoms with Crippen LogP contribution >= 0.6 is 0 Å². The van der Waals surface area contributed by atoms with Crippen molar-refractivity contribution in [3.63, 3.8) is 0 Å². The van der Waals surface area contributed by atoms with Crippen molar-refractivity contribution in [3.8, 4) is 5.75 Å². The number of carbonyl (C=O) groups is 3. The zero-order chi connectivity index (χ0) is 25.7. The molecule has 180 valence electrons. The van der Waals surface area contributed by atoms with Crippen LogP contribution in [0.4, 0.5) is 0 Å². The first-order valence-electron chi connectivity index (χ1n) is 10.8. The molecule has 0 aliphatic rings. The third kappa shape index (κ3) is 5.84. The SMILES string of the molecule is N=C(N)c1ccc2cc(OC(=O)c3ccc(CNC(=O)c4ccc(/C=C/C(=O)O)cc4)o3)ccc2c1. The Morgan fingerprint density at radius 2 is 1.64 bits per heavy atom. The van der Waals surface area contributed by atoms with Crippen LogP contribution in [0.15, 0.2) is 83.3 Å². The van der Waals surface area contributed by atoms with Crippen molar-refractivity contribution in [1.29, 1.82) is 5.41 Å². The number of carboxylic acid groups (broad SMARTS) is 1. The Hall–Kier alpha value is -5.18. The third-order valence-electron chi connectivity index (χ3n) is 5.21. The molecule has 0 radical (unpaired) electrons. The van der Waals surface area contributed by atoms with Crippen LogP contribution < -0.4 is 15.8 Å². The van der Waals surface area contributed by atoms with E-state index in [0.717, 1.165) is 16.8 Å². The van der Waals surface area contributed by atoms with Gasteiger partial charge in [0.25, 0.3) is 5.91 Å². The molecule has 0 bridgehead atoms. The van der Waals surface area contributed by atoms with Gasteiger partial charge in [0.05, 0.1) is 6.54 Å². The summed E-state index contributed by atoms with van der Waals surface area (Å²) in [6, 6.07) is 19.8. The van der Waals surface area contributed by atoms with Gasteiger partial charge in [-0.05, 0) is 64.9 Å². The lowest BCUT2D eigenvalue weighted by Crippen LogP contribution is -2.22. The quantitative estimate of drug-likeness (QED) is 0.0971. The number of nitrogens with one attached hydrogen (secondary N) is 2. The molecule has 9 heteroatoms. The highest BCUT2D eigenvalue weighted by molar-refractivity contribution is 5.99. The summed E-state index contributed by atoms with van der Waals surface area (Å²) in [6.45, 7) is 0.0568. The zero-order valence-electron chi connectivity index (χ0n) is 18.9. The molecule has 0 spiro atoms. The smallest absolute Gasteiger partial charge is 0.379 e. The van der Waals surface area contributed by atoms with Crippen LogP contribution in [-0.4, -0.2) is 28.8 Å². The van der Waals surface area contributed by atoms with E-state index in [9.17, 15) is 14.4 Å². The van der Waals surface area contributed by atoms with Crippen molar-refractivity contribution in [1.82, 2.24) is 5.32 Å². The van der Waals surface area contributed by atoms with E-state index in [0.29, 0.717) is 28.2 Å². The molecule has 0 saturated heterocycles. The van der Waals surface area contributed by atoms with Gasteiger partial charge in [-0.3, -0.25) is 10.2 Å². The van der Waals surface area contributed by atoms with Crippen LogP contribution in [0, 0.1) is 5.41 Å². The number of carboxylic acids is 1. The molecule has 0 fully saturated rings. The molecule has 1 heterocycles. The van der Waals surface area contributed by atoms with Crippen LogP contribution in [0.5, 0.6) is 5.75 Å². The van der Waals surface area contributed by atoms with Crippen molar-refractivity contribution in [3.05, 3.63) is 107 Å². The lowest BCUT2D eigenvalue weighted by molar-refractivity contribution is -0.131. The van der Waals surface area contributed by atoms with Gasteiger partial charge in [-0.2, -0.15) is 0 Å². The molecule has 36 heavy (non-hydrogen) atoms. The number of aliphatic carboxylic acids is 1. The Morgan fingerprint density at radius 3 is 2.36 bits per heavy atom. The zero-order valence-corrected chi connectivity index (χ0v) is 18.9. The van der Waals surface area contributed by atoms with E-state index < -0.39 is 11.9 Å². The van der Waals surface area contributed by atoms with Crippen LogP contribution in [0.1, 0.15) is 37.8 Å². The predicted octanol–water partition coefficient (Wildman–Crippen LogP) is 3.96. The van der Waals surface area contributed by atoms with E-state index in [4.69, 9.17) is 25.4 Å². The highest BCUT2D eigenvalue weighted by Crippen LogP contribution is 2.23. The Kier molecular flexibility index (Phi) is 6.92. The van der Waals surface area contributed by atoms with E-state index in [2.05, 4.69) is 5.32 Å². The predicted molar refractivity (Wildman–Crippen MR) is 133 cm³/mol. The largest absolute Gasteiger partial charge is 0.478 e. The fourth-order valence-corrected chi connectivity index (χ4v) is 3.38. The van der Waals surface area contributed by atoms with Crippen molar-refractivity contribution >= 4 is 40.5 Å². The second-order valence-electron chi connectivity index (χ2n) is 7.77. The van der Waals surface area contributed by atoms with Crippen LogP contribution in [0.25, 0.3) is 16.8 Å². The van der Waals surface area contributed by atoms with Gasteiger partial charge in [0.1, 0.15) is 17.3 Å². The molecule has 1 aromatic heterocycles. The van der Waals surface area contributed by atoms with E-state index in [1.165, 1.54) is 12.1 Å². The molecule has 0 atom stereocenters. The number of hydrogen-bond donors (Lipinski definition) is 4. The third-order valence-corrected chi connectivity index (χ3v) is 5.21. The maximum Gasteiger partial charge on any atom is 0.379 e. The average molecular weight is 483 g/mol. The average Bonchev–Trinajstić information content (AvgIpc) is 3.35. The number of amides is 1. The van der Waals surface area contributed by atoms with Gasteiger partial charge in [-0.1, -0.05) is 30.3 Å². The molecule has 4 rings (SSSR count). The molecular weight excluding hydrogens is 462 g/mol. The minimum Gasteiger partial charge on any atom is -0.478 e. The fraction of sp³-hybridized carbons (Fsp3) is 0.0370. The molecule has 0 unspecified atom stereocenters. The maximum absolute atomic E-state index is 12.5. The molecule has 5 N–H and O–H groups in total. The van der Waals surface area contributed by atoms with E-state index in [-0.39, 0.29) is 24.0 Å². The number of fused-ring (bicyclic) bond motifs is 1. The number of esters is 1. The summed E-state index contributed by atoms with van der Waals surface area (Å²) in [5.41, 5.74) is 7.16. The van der Waals surface area contributed by atoms with Crippen LogP contribution in [0.2, 0.25) is 0 Å². The molecule has 0 aliphatic carbocycles. The number of amidine groups is 1. The first kappa shape index (κ1) is 24.0. The second-order valence-corrected chi connectivity index (χ2v) is 7.77. The molecule has 3 aromatic carbocycles. The standard InChI is InChI=1S/C27H21N3O6/c28-25(29)20-7-6-19-14-21(9-8-18(19)13-20)36-27(34)23-11-10-22(35-23)15-30-26(33)17-4-1-16(2-5-17)3-12-24(31)32/h1-14H,15H2,(H3,28,29)(H,30,33)(H,31,32)/b12-3+. The van der Waals surface area contributed by atoms with Crippen molar-refractivity contribution < 1.29 is 28.6 Å². The second kappa shape index (κ2) is 10.4. The molecule has 1 amide bonds. The summed E-state index contributed by atoms with van der Waals surface area (Å²) >= 11 is 0. The summed E-state index contributed by atoms with van der Waals surface area (Å²) < 4.78 is 10.9. The number of rotatable bonds is 8. The van der Waals surface area contributed by atoms with E-state index >= 15 is 0 Å². The van der Waals surface area contributed by atoms with E-state index in [1.54, 1.807) is 66.7 Å². The Bertz CT molecular complexity index is 1500. The van der Waals surface area contributed by atoms with Gasteiger partial charge in [-0.25, -0.2) is 9.59 Å². The minimum absolute atomic E-state index is 0.0131. The fourth-order valence-electron chi connectivity index (χ4n) is 3.38. The molecule has 0 aliphatic heterocycles. The highest BCUT2D eigenvalue weighted by Gasteiger charge is 2.15. The lowest BCUT2D eigenvalue weighted by atomic mass is 10.1. The van der Waals surface area contributed by atoms with Gasteiger partial charge >= 0.3 is 11.9 Å². The summed E-state index contributed by atoms with van der Waals surface area (Å²) in [5.74, 6) is -1.44. The minimum atomic E-state index is -1.06. The highest BCUT2D eigenvalue weighted by atomic mass is 16.5. The van der Waals surface area contributed by atoms with Gasteiger partial charge < -0.3 is 25.3 Å². The van der Waals surface area contributed by atoms with Crippen molar-refractivity contribution in [2.75, 3.05) is 0 Å². The Balaban J connectivity index is 1.34. The lowest BCUT2D eigenvalue weighted by Gasteiger charge is -2.06. The maximum atomic E-state index is 12.5. The van der Waals surface area contributed by atoms with E-state index in [1.807, 2.05) is 0 Å². The summed E-state index contributed by atoms with van der Waals surface area (Å²) in [4.78, 5) is 35.5. The normalized spacial score (nSPS) is 10.9. The monoisotopic (exact) mass is 483 g/mol. The van der Waals surface area contributed by atoms with Crippen LogP contribution in [0.3, 0.4) is 0 Å². The number of benzene rings is 3. The van der Waals surface area contributed by atoms with Crippen molar-refractivity contribution in [2.24, 2.45) is 5.73 Å². The topological polar surface area (TPSA) is 156 Å². The Labute approximate surface area is 205 Å². The number of nitrogen functional groups attached to an aromatic ring is 1. The van der Waals surface area contributed by atoms with Gasteiger partial charge in [0.2, 0.25) is 5.76 Å². The van der Waals surface area contributed by atoms with Gasteiger partial charge in [0.15, 0.2) is 0 Å². The Morgan fingerprint density at radius 1 is 0.944 bits per heavy atom. The number of hydrogen-bond acceptors (Lipinski definition) is 6. The number of furan rings is 1. The molecule has 0 saturated carbocycles. The first-order valence-corrected chi connectivity index (χ1v) is 10.8. The molecule has 4 aromatic rings. The molecular formula is C27H21N3O6.